The van der Waals surface area contributed by atoms with Crippen LogP contribution in [0.25, 0.3) is 0 Å². The van der Waals surface area contributed by atoms with Crippen molar-refractivity contribution in [1.29, 1.82) is 0 Å². The first-order valence-electron chi connectivity index (χ1n) is 9.29. The van der Waals surface area contributed by atoms with E-state index in [-0.39, 0.29) is 0 Å². The van der Waals surface area contributed by atoms with E-state index in [0.29, 0.717) is 12.1 Å². The van der Waals surface area contributed by atoms with Gasteiger partial charge in [0.25, 0.3) is 0 Å². The second-order valence-corrected chi connectivity index (χ2v) is 8.11. The summed E-state index contributed by atoms with van der Waals surface area (Å²) in [6.45, 7) is 13.3. The second kappa shape index (κ2) is 8.68. The molecule has 0 saturated carbocycles. The number of nitrogens with one attached hydrogen (secondary N) is 2. The lowest BCUT2D eigenvalue weighted by molar-refractivity contribution is 0.0636. The summed E-state index contributed by atoms with van der Waals surface area (Å²) in [6.07, 6.45) is 1.99. The van der Waals surface area contributed by atoms with Crippen LogP contribution in [0.1, 0.15) is 53.0 Å². The van der Waals surface area contributed by atoms with E-state index < -0.39 is 11.7 Å². The number of benzene rings is 1. The quantitative estimate of drug-likeness (QED) is 0.845. The van der Waals surface area contributed by atoms with E-state index in [9.17, 15) is 4.79 Å². The monoisotopic (exact) mass is 347 g/mol. The van der Waals surface area contributed by atoms with Gasteiger partial charge in [-0.2, -0.15) is 0 Å². The molecule has 0 radical (unpaired) electrons. The van der Waals surface area contributed by atoms with Gasteiger partial charge in [-0.15, -0.1) is 0 Å². The fraction of sp³-hybridized carbons (Fsp3) is 0.650. The van der Waals surface area contributed by atoms with E-state index in [4.69, 9.17) is 4.74 Å². The van der Waals surface area contributed by atoms with E-state index in [1.54, 1.807) is 0 Å². The summed E-state index contributed by atoms with van der Waals surface area (Å²) in [5, 5.41) is 6.41. The number of nitrogens with zero attached hydrogens (tertiary/aromatic N) is 1. The van der Waals surface area contributed by atoms with Crippen molar-refractivity contribution >= 4 is 11.8 Å². The molecule has 0 unspecified atom stereocenters. The molecule has 2 N–H and O–H groups in total. The average molecular weight is 348 g/mol. The van der Waals surface area contributed by atoms with Crippen molar-refractivity contribution in [2.24, 2.45) is 0 Å². The molecule has 0 spiro atoms. The first kappa shape index (κ1) is 19.7. The highest BCUT2D eigenvalue weighted by molar-refractivity contribution is 5.84. The molecule has 0 aromatic heterocycles. The summed E-state index contributed by atoms with van der Waals surface area (Å²) in [4.78, 5) is 14.3. The number of ether oxygens (including phenoxy) is 1. The van der Waals surface area contributed by atoms with Gasteiger partial charge in [-0.25, -0.2) is 4.79 Å². The molecule has 2 rings (SSSR count). The van der Waals surface area contributed by atoms with Crippen molar-refractivity contribution < 1.29 is 9.53 Å². The molecule has 1 aliphatic rings. The van der Waals surface area contributed by atoms with Crippen molar-refractivity contribution in [2.45, 2.75) is 71.7 Å². The van der Waals surface area contributed by atoms with E-state index in [0.717, 1.165) is 12.2 Å². The third-order valence-corrected chi connectivity index (χ3v) is 4.45. The summed E-state index contributed by atoms with van der Waals surface area (Å²) in [5.74, 6) is 0. The maximum absolute atomic E-state index is 11.8. The molecule has 1 aliphatic heterocycles. The van der Waals surface area contributed by atoms with Crippen LogP contribution in [-0.4, -0.2) is 41.8 Å². The SMILES string of the molecule is CC(C)N1CCC(NCc2ccc(NC(=O)OC(C)(C)C)cc2)CC1. The molecule has 0 atom stereocenters. The van der Waals surface area contributed by atoms with Gasteiger partial charge in [0.1, 0.15) is 5.60 Å². The first-order chi connectivity index (χ1) is 11.7. The van der Waals surface area contributed by atoms with Gasteiger partial charge in [0.05, 0.1) is 0 Å². The number of carbonyl (C=O) groups is 1. The van der Waals surface area contributed by atoms with Crippen molar-refractivity contribution in [3.8, 4) is 0 Å². The van der Waals surface area contributed by atoms with E-state index in [1.165, 1.54) is 31.5 Å². The molecule has 1 amide bonds. The normalized spacial score (nSPS) is 16.9. The second-order valence-electron chi connectivity index (χ2n) is 8.11. The smallest absolute Gasteiger partial charge is 0.412 e. The molecule has 1 aromatic carbocycles. The van der Waals surface area contributed by atoms with Gasteiger partial charge in [0.15, 0.2) is 0 Å². The zero-order chi connectivity index (χ0) is 18.4. The molecule has 5 nitrogen and oxygen atoms in total. The third kappa shape index (κ3) is 7.04. The van der Waals surface area contributed by atoms with Crippen molar-refractivity contribution in [3.05, 3.63) is 29.8 Å². The van der Waals surface area contributed by atoms with Gasteiger partial charge >= 0.3 is 6.09 Å². The van der Waals surface area contributed by atoms with Crippen molar-refractivity contribution in [1.82, 2.24) is 10.2 Å². The number of hydrogen-bond acceptors (Lipinski definition) is 4. The fourth-order valence-corrected chi connectivity index (χ4v) is 3.01. The van der Waals surface area contributed by atoms with Crippen LogP contribution in [0.4, 0.5) is 10.5 Å². The first-order valence-corrected chi connectivity index (χ1v) is 9.29. The van der Waals surface area contributed by atoms with Crippen molar-refractivity contribution in [2.75, 3.05) is 18.4 Å². The highest BCUT2D eigenvalue weighted by Crippen LogP contribution is 2.15. The Hall–Kier alpha value is -1.59. The summed E-state index contributed by atoms with van der Waals surface area (Å²) < 4.78 is 5.26. The van der Waals surface area contributed by atoms with Crippen LogP contribution in [-0.2, 0) is 11.3 Å². The Morgan fingerprint density at radius 2 is 1.80 bits per heavy atom. The number of likely N-dealkylation sites (tertiary alicyclic amines) is 1. The molecule has 25 heavy (non-hydrogen) atoms. The number of hydrogen-bond donors (Lipinski definition) is 2. The molecule has 0 bridgehead atoms. The predicted molar refractivity (Wildman–Crippen MR) is 103 cm³/mol. The zero-order valence-electron chi connectivity index (χ0n) is 16.3. The molecule has 0 aliphatic carbocycles. The molecule has 1 aromatic rings. The molecule has 1 fully saturated rings. The molecule has 1 saturated heterocycles. The van der Waals surface area contributed by atoms with Crippen LogP contribution in [0.3, 0.4) is 0 Å². The fourth-order valence-electron chi connectivity index (χ4n) is 3.01. The van der Waals surface area contributed by atoms with Gasteiger partial charge in [0.2, 0.25) is 0 Å². The van der Waals surface area contributed by atoms with Crippen LogP contribution >= 0.6 is 0 Å². The van der Waals surface area contributed by atoms with Crippen LogP contribution in [0.5, 0.6) is 0 Å². The summed E-state index contributed by atoms with van der Waals surface area (Å²) >= 11 is 0. The lowest BCUT2D eigenvalue weighted by atomic mass is 10.0. The maximum Gasteiger partial charge on any atom is 0.412 e. The Balaban J connectivity index is 1.74. The third-order valence-electron chi connectivity index (χ3n) is 4.45. The van der Waals surface area contributed by atoms with E-state index in [1.807, 2.05) is 45.0 Å². The van der Waals surface area contributed by atoms with Gasteiger partial charge in [-0.05, 0) is 78.2 Å². The summed E-state index contributed by atoms with van der Waals surface area (Å²) in [7, 11) is 0. The van der Waals surface area contributed by atoms with E-state index >= 15 is 0 Å². The van der Waals surface area contributed by atoms with Crippen LogP contribution in [0.2, 0.25) is 0 Å². The van der Waals surface area contributed by atoms with Gasteiger partial charge in [-0.1, -0.05) is 12.1 Å². The van der Waals surface area contributed by atoms with Crippen LogP contribution in [0.15, 0.2) is 24.3 Å². The largest absolute Gasteiger partial charge is 0.444 e. The minimum absolute atomic E-state index is 0.421. The van der Waals surface area contributed by atoms with Gasteiger partial charge in [0, 0.05) is 24.3 Å². The minimum Gasteiger partial charge on any atom is -0.444 e. The highest BCUT2D eigenvalue weighted by Gasteiger charge is 2.20. The van der Waals surface area contributed by atoms with E-state index in [2.05, 4.69) is 29.4 Å². The molecular weight excluding hydrogens is 314 g/mol. The Bertz CT molecular complexity index is 541. The molecule has 5 heteroatoms. The average Bonchev–Trinajstić information content (AvgIpc) is 2.53. The number of piperidine rings is 1. The standard InChI is InChI=1S/C20H33N3O2/c1-15(2)23-12-10-17(11-13-23)21-14-16-6-8-18(9-7-16)22-19(24)25-20(3,4)5/h6-9,15,17,21H,10-14H2,1-5H3,(H,22,24). The Kier molecular flexibility index (Phi) is 6.85. The minimum atomic E-state index is -0.487. The predicted octanol–water partition coefficient (Wildman–Crippen LogP) is 4.00. The Morgan fingerprint density at radius 3 is 2.32 bits per heavy atom. The van der Waals surface area contributed by atoms with Gasteiger partial charge in [-0.3, -0.25) is 5.32 Å². The number of anilines is 1. The molecule has 140 valence electrons. The Labute approximate surface area is 152 Å². The number of carbonyl (C=O) groups excluding carboxylic acids is 1. The zero-order valence-corrected chi connectivity index (χ0v) is 16.3. The molecule has 1 heterocycles. The number of amides is 1. The topological polar surface area (TPSA) is 53.6 Å². The van der Waals surface area contributed by atoms with Crippen LogP contribution in [0, 0.1) is 0 Å². The lowest BCUT2D eigenvalue weighted by Gasteiger charge is -2.35. The molecular formula is C20H33N3O2. The van der Waals surface area contributed by atoms with Gasteiger partial charge < -0.3 is 15.0 Å². The summed E-state index contributed by atoms with van der Waals surface area (Å²) in [5.41, 5.74) is 1.49. The summed E-state index contributed by atoms with van der Waals surface area (Å²) in [6, 6.07) is 9.16. The highest BCUT2D eigenvalue weighted by atomic mass is 16.6. The lowest BCUT2D eigenvalue weighted by Crippen LogP contribution is -2.44. The van der Waals surface area contributed by atoms with Crippen LogP contribution < -0.4 is 10.6 Å². The maximum atomic E-state index is 11.8. The Morgan fingerprint density at radius 1 is 1.20 bits per heavy atom. The van der Waals surface area contributed by atoms with Crippen molar-refractivity contribution in [3.63, 3.8) is 0 Å². The number of rotatable bonds is 5.